The van der Waals surface area contributed by atoms with Gasteiger partial charge >= 0.3 is 0 Å². The number of aromatic nitrogens is 1. The van der Waals surface area contributed by atoms with Crippen molar-refractivity contribution in [2.24, 2.45) is 0 Å². The van der Waals surface area contributed by atoms with Crippen molar-refractivity contribution in [3.05, 3.63) is 58.9 Å². The molecule has 0 spiro atoms. The second-order valence-electron chi connectivity index (χ2n) is 6.14. The molecule has 1 atom stereocenters. The first-order valence-corrected chi connectivity index (χ1v) is 8.15. The van der Waals surface area contributed by atoms with E-state index in [1.807, 2.05) is 14.1 Å². The number of Topliss-reactive ketones (excluding diaryl/α,β-unsaturated/α-hetero) is 1. The number of aryl methyl sites for hydroxylation is 1. The number of carbonyl (C=O) groups excluding carboxylic acids is 2. The first kappa shape index (κ1) is 17.9. The van der Waals surface area contributed by atoms with Crippen molar-refractivity contribution in [1.29, 1.82) is 0 Å². The summed E-state index contributed by atoms with van der Waals surface area (Å²) in [6.07, 6.45) is 2.57. The summed E-state index contributed by atoms with van der Waals surface area (Å²) in [4.78, 5) is 28.5. The van der Waals surface area contributed by atoms with Gasteiger partial charge in [0.25, 0.3) is 5.91 Å². The molecule has 1 aromatic carbocycles. The minimum absolute atomic E-state index is 0.0625. The fourth-order valence-corrected chi connectivity index (χ4v) is 2.59. The Kier molecular flexibility index (Phi) is 5.93. The Morgan fingerprint density at radius 3 is 2.38 bits per heavy atom. The number of aromatic amines is 1. The van der Waals surface area contributed by atoms with Crippen molar-refractivity contribution in [1.82, 2.24) is 15.2 Å². The summed E-state index contributed by atoms with van der Waals surface area (Å²) in [5, 5.41) is 2.94. The maximum Gasteiger partial charge on any atom is 0.267 e. The predicted molar refractivity (Wildman–Crippen MR) is 95.4 cm³/mol. The number of nitrogens with zero attached hydrogens (tertiary/aromatic N) is 1. The van der Waals surface area contributed by atoms with Crippen LogP contribution in [0.15, 0.2) is 36.5 Å². The van der Waals surface area contributed by atoms with Crippen LogP contribution in [0.25, 0.3) is 0 Å². The molecule has 0 aliphatic rings. The molecule has 0 saturated heterocycles. The van der Waals surface area contributed by atoms with E-state index in [4.69, 9.17) is 0 Å². The molecule has 128 valence electrons. The molecule has 1 amide bonds. The highest BCUT2D eigenvalue weighted by Crippen LogP contribution is 2.18. The number of nitrogens with one attached hydrogen (secondary N) is 2. The molecule has 5 heteroatoms. The van der Waals surface area contributed by atoms with Crippen LogP contribution in [-0.4, -0.2) is 42.2 Å². The second kappa shape index (κ2) is 7.93. The molecule has 2 aromatic rings. The number of carbonyl (C=O) groups is 2. The van der Waals surface area contributed by atoms with Gasteiger partial charge in [0.2, 0.25) is 0 Å². The number of amides is 1. The lowest BCUT2D eigenvalue weighted by Crippen LogP contribution is -2.34. The summed E-state index contributed by atoms with van der Waals surface area (Å²) in [6.45, 7) is 4.10. The fourth-order valence-electron chi connectivity index (χ4n) is 2.59. The average molecular weight is 327 g/mol. The molecule has 0 radical (unpaired) electrons. The van der Waals surface area contributed by atoms with Gasteiger partial charge in [-0.05, 0) is 44.6 Å². The Balaban J connectivity index is 2.04. The van der Waals surface area contributed by atoms with Crippen LogP contribution in [0.4, 0.5) is 0 Å². The summed E-state index contributed by atoms with van der Waals surface area (Å²) >= 11 is 0. The fraction of sp³-hybridized carbons (Fsp3) is 0.368. The minimum Gasteiger partial charge on any atom is -0.356 e. The van der Waals surface area contributed by atoms with Crippen molar-refractivity contribution in [2.75, 3.05) is 20.6 Å². The summed E-state index contributed by atoms with van der Waals surface area (Å²) in [6, 6.07) is 10.1. The number of benzene rings is 1. The monoisotopic (exact) mass is 327 g/mol. The lowest BCUT2D eigenvalue weighted by Gasteiger charge is -2.25. The van der Waals surface area contributed by atoms with E-state index < -0.39 is 0 Å². The first-order valence-electron chi connectivity index (χ1n) is 8.15. The normalized spacial score (nSPS) is 12.2. The molecule has 0 aliphatic heterocycles. The quantitative estimate of drug-likeness (QED) is 0.769. The number of H-pyrrole nitrogens is 1. The molecule has 5 nitrogen and oxygen atoms in total. The van der Waals surface area contributed by atoms with E-state index in [0.29, 0.717) is 17.8 Å². The van der Waals surface area contributed by atoms with Crippen LogP contribution in [0, 0.1) is 0 Å². The Morgan fingerprint density at radius 1 is 1.21 bits per heavy atom. The van der Waals surface area contributed by atoms with Crippen molar-refractivity contribution in [3.8, 4) is 0 Å². The maximum atomic E-state index is 12.3. The first-order chi connectivity index (χ1) is 11.4. The van der Waals surface area contributed by atoms with Gasteiger partial charge < -0.3 is 15.2 Å². The smallest absolute Gasteiger partial charge is 0.267 e. The molecule has 0 fully saturated rings. The van der Waals surface area contributed by atoms with Crippen LogP contribution in [0.3, 0.4) is 0 Å². The molecule has 2 rings (SSSR count). The van der Waals surface area contributed by atoms with Gasteiger partial charge in [0.15, 0.2) is 5.78 Å². The van der Waals surface area contributed by atoms with Crippen LogP contribution >= 0.6 is 0 Å². The molecule has 1 unspecified atom stereocenters. The predicted octanol–water partition coefficient (Wildman–Crippen LogP) is 2.81. The molecule has 1 aromatic heterocycles. The topological polar surface area (TPSA) is 65.2 Å². The molecule has 0 aliphatic carbocycles. The highest BCUT2D eigenvalue weighted by Gasteiger charge is 2.17. The Labute approximate surface area is 143 Å². The van der Waals surface area contributed by atoms with Crippen LogP contribution in [-0.2, 0) is 6.42 Å². The summed E-state index contributed by atoms with van der Waals surface area (Å²) < 4.78 is 0. The molecular formula is C19H25N3O2. The highest BCUT2D eigenvalue weighted by molar-refractivity contribution is 5.99. The summed E-state index contributed by atoms with van der Waals surface area (Å²) in [5.41, 5.74) is 3.37. The van der Waals surface area contributed by atoms with Crippen molar-refractivity contribution >= 4 is 11.7 Å². The van der Waals surface area contributed by atoms with Crippen molar-refractivity contribution in [3.63, 3.8) is 0 Å². The third-order valence-corrected chi connectivity index (χ3v) is 4.19. The standard InChI is InChI=1S/C19H25N3O2/c1-5-14-6-8-15(9-7-14)18(22(3)4)12-21-19(24)17-10-16(11-20-17)13(2)23/h6-11,18,20H,5,12H2,1-4H3,(H,21,24). The van der Waals surface area contributed by atoms with E-state index >= 15 is 0 Å². The number of likely N-dealkylation sites (N-methyl/N-ethyl adjacent to an activating group) is 1. The third kappa shape index (κ3) is 4.32. The van der Waals surface area contributed by atoms with E-state index in [1.165, 1.54) is 12.5 Å². The van der Waals surface area contributed by atoms with E-state index in [2.05, 4.69) is 46.4 Å². The maximum absolute atomic E-state index is 12.3. The lowest BCUT2D eigenvalue weighted by atomic mass is 10.0. The Hall–Kier alpha value is -2.40. The zero-order valence-corrected chi connectivity index (χ0v) is 14.7. The highest BCUT2D eigenvalue weighted by atomic mass is 16.2. The Morgan fingerprint density at radius 2 is 1.88 bits per heavy atom. The third-order valence-electron chi connectivity index (χ3n) is 4.19. The van der Waals surface area contributed by atoms with Gasteiger partial charge in [-0.2, -0.15) is 0 Å². The molecule has 0 saturated carbocycles. The molecule has 0 bridgehead atoms. The summed E-state index contributed by atoms with van der Waals surface area (Å²) in [7, 11) is 3.99. The van der Waals surface area contributed by atoms with Crippen LogP contribution in [0.1, 0.15) is 51.9 Å². The second-order valence-corrected chi connectivity index (χ2v) is 6.14. The van der Waals surface area contributed by atoms with Gasteiger partial charge in [-0.3, -0.25) is 9.59 Å². The summed E-state index contributed by atoms with van der Waals surface area (Å²) in [5.74, 6) is -0.271. The number of hydrogen-bond donors (Lipinski definition) is 2. The average Bonchev–Trinajstić information content (AvgIpc) is 3.05. The molecule has 24 heavy (non-hydrogen) atoms. The number of ketones is 1. The van der Waals surface area contributed by atoms with E-state index in [0.717, 1.165) is 12.0 Å². The number of rotatable bonds is 7. The van der Waals surface area contributed by atoms with Gasteiger partial charge in [0.05, 0.1) is 6.04 Å². The van der Waals surface area contributed by atoms with E-state index in [1.54, 1.807) is 12.3 Å². The van der Waals surface area contributed by atoms with Crippen LogP contribution in [0.5, 0.6) is 0 Å². The lowest BCUT2D eigenvalue weighted by molar-refractivity contribution is 0.0937. The van der Waals surface area contributed by atoms with Crippen LogP contribution < -0.4 is 5.32 Å². The van der Waals surface area contributed by atoms with Crippen molar-refractivity contribution < 1.29 is 9.59 Å². The SMILES string of the molecule is CCc1ccc(C(CNC(=O)c2cc(C(C)=O)c[nH]2)N(C)C)cc1. The zero-order valence-electron chi connectivity index (χ0n) is 14.7. The van der Waals surface area contributed by atoms with Gasteiger partial charge in [0, 0.05) is 18.3 Å². The largest absolute Gasteiger partial charge is 0.356 e. The van der Waals surface area contributed by atoms with Gasteiger partial charge in [-0.1, -0.05) is 31.2 Å². The Bertz CT molecular complexity index is 702. The number of hydrogen-bond acceptors (Lipinski definition) is 3. The molecule has 2 N–H and O–H groups in total. The van der Waals surface area contributed by atoms with Gasteiger partial charge in [-0.25, -0.2) is 0 Å². The van der Waals surface area contributed by atoms with Gasteiger partial charge in [-0.15, -0.1) is 0 Å². The van der Waals surface area contributed by atoms with Gasteiger partial charge in [0.1, 0.15) is 5.69 Å². The van der Waals surface area contributed by atoms with Crippen molar-refractivity contribution in [2.45, 2.75) is 26.3 Å². The molecular weight excluding hydrogens is 302 g/mol. The zero-order chi connectivity index (χ0) is 17.7. The van der Waals surface area contributed by atoms with E-state index in [9.17, 15) is 9.59 Å². The minimum atomic E-state index is -0.209. The van der Waals surface area contributed by atoms with Crippen LogP contribution in [0.2, 0.25) is 0 Å². The van der Waals surface area contributed by atoms with E-state index in [-0.39, 0.29) is 17.7 Å². The molecule has 1 heterocycles.